The van der Waals surface area contributed by atoms with Crippen molar-refractivity contribution in [2.75, 3.05) is 0 Å². The summed E-state index contributed by atoms with van der Waals surface area (Å²) in [5, 5.41) is 5.97. The van der Waals surface area contributed by atoms with Crippen LogP contribution in [0.2, 0.25) is 0 Å². The number of rotatable bonds is 8. The van der Waals surface area contributed by atoms with Crippen molar-refractivity contribution >= 4 is 22.6 Å². The molecule has 2 aliphatic rings. The van der Waals surface area contributed by atoms with E-state index in [2.05, 4.69) is 24.3 Å². The summed E-state index contributed by atoms with van der Waals surface area (Å²) >= 11 is 0. The molecule has 1 fully saturated rings. The Morgan fingerprint density at radius 3 is 2.26 bits per heavy atom. The van der Waals surface area contributed by atoms with Crippen molar-refractivity contribution in [1.29, 1.82) is 0 Å². The molecular formula is C39H40N4O4. The number of hydrogen-bond donors (Lipinski definition) is 0. The Morgan fingerprint density at radius 2 is 1.57 bits per heavy atom. The Bertz CT molecular complexity index is 1930. The van der Waals surface area contributed by atoms with Gasteiger partial charge in [0, 0.05) is 24.5 Å². The summed E-state index contributed by atoms with van der Waals surface area (Å²) in [6.45, 7) is 6.52. The monoisotopic (exact) mass is 628 g/mol. The van der Waals surface area contributed by atoms with Crippen LogP contribution in [-0.4, -0.2) is 43.4 Å². The molecule has 47 heavy (non-hydrogen) atoms. The van der Waals surface area contributed by atoms with E-state index in [9.17, 15) is 4.79 Å². The summed E-state index contributed by atoms with van der Waals surface area (Å²) in [5.74, 6) is 0.958. The molecule has 0 N–H and O–H groups in total. The molecule has 1 amide bonds. The highest BCUT2D eigenvalue weighted by atomic mass is 16.6. The highest BCUT2D eigenvalue weighted by molar-refractivity contribution is 5.96. The van der Waals surface area contributed by atoms with E-state index in [1.807, 2.05) is 110 Å². The van der Waals surface area contributed by atoms with Gasteiger partial charge in [-0.25, -0.2) is 4.79 Å². The van der Waals surface area contributed by atoms with Crippen LogP contribution in [0.3, 0.4) is 0 Å². The van der Waals surface area contributed by atoms with Gasteiger partial charge in [-0.2, -0.15) is 10.1 Å². The SMILES string of the molecule is Cn1nc(-c2ccc(OCc3ccccc3)nc2OCc2ccccc2)c2ccc(C3=CC4CCC(C3)N4C(=O)OC(C)(C)C)cc21. The zero-order chi connectivity index (χ0) is 32.5. The van der Waals surface area contributed by atoms with Crippen molar-refractivity contribution < 1.29 is 19.0 Å². The van der Waals surface area contributed by atoms with E-state index >= 15 is 0 Å². The van der Waals surface area contributed by atoms with Gasteiger partial charge in [0.05, 0.1) is 17.1 Å². The van der Waals surface area contributed by atoms with Crippen molar-refractivity contribution in [3.05, 3.63) is 114 Å². The van der Waals surface area contributed by atoms with Crippen molar-refractivity contribution in [3.8, 4) is 23.0 Å². The number of carbonyl (C=O) groups excluding carboxylic acids is 1. The van der Waals surface area contributed by atoms with Crippen LogP contribution >= 0.6 is 0 Å². The predicted octanol–water partition coefficient (Wildman–Crippen LogP) is 8.35. The number of amides is 1. The number of carbonyl (C=O) groups is 1. The molecular weight excluding hydrogens is 588 g/mol. The van der Waals surface area contributed by atoms with E-state index in [0.717, 1.165) is 58.1 Å². The molecule has 3 aromatic carbocycles. The van der Waals surface area contributed by atoms with Crippen LogP contribution in [0, 0.1) is 0 Å². The zero-order valence-electron chi connectivity index (χ0n) is 27.3. The van der Waals surface area contributed by atoms with Gasteiger partial charge < -0.3 is 14.2 Å². The Balaban J connectivity index is 1.18. The minimum absolute atomic E-state index is 0.0504. The number of benzene rings is 3. The van der Waals surface area contributed by atoms with E-state index < -0.39 is 5.60 Å². The van der Waals surface area contributed by atoms with Crippen LogP contribution in [0.4, 0.5) is 4.79 Å². The largest absolute Gasteiger partial charge is 0.473 e. The van der Waals surface area contributed by atoms with E-state index in [4.69, 9.17) is 24.3 Å². The van der Waals surface area contributed by atoms with Gasteiger partial charge in [-0.15, -0.1) is 0 Å². The number of ether oxygens (including phenoxy) is 3. The maximum absolute atomic E-state index is 13.0. The molecule has 2 aliphatic heterocycles. The molecule has 8 heteroatoms. The molecule has 0 saturated carbocycles. The summed E-state index contributed by atoms with van der Waals surface area (Å²) in [6, 6.07) is 30.6. The molecule has 5 aromatic rings. The maximum atomic E-state index is 13.0. The lowest BCUT2D eigenvalue weighted by molar-refractivity contribution is 0.0175. The lowest BCUT2D eigenvalue weighted by Gasteiger charge is -2.35. The molecule has 2 atom stereocenters. The van der Waals surface area contributed by atoms with Crippen LogP contribution in [0.1, 0.15) is 56.7 Å². The van der Waals surface area contributed by atoms with Crippen LogP contribution < -0.4 is 9.47 Å². The number of aryl methyl sites for hydroxylation is 1. The Morgan fingerprint density at radius 1 is 0.872 bits per heavy atom. The van der Waals surface area contributed by atoms with Gasteiger partial charge in [-0.3, -0.25) is 9.58 Å². The summed E-state index contributed by atoms with van der Waals surface area (Å²) in [7, 11) is 1.97. The normalized spacial score (nSPS) is 17.4. The third-order valence-corrected chi connectivity index (χ3v) is 8.76. The Hall–Kier alpha value is -5.11. The fraction of sp³-hybridized carbons (Fsp3) is 0.308. The van der Waals surface area contributed by atoms with E-state index in [0.29, 0.717) is 25.0 Å². The third-order valence-electron chi connectivity index (χ3n) is 8.76. The Kier molecular flexibility index (Phi) is 8.18. The molecule has 0 spiro atoms. The molecule has 1 saturated heterocycles. The Labute approximate surface area is 275 Å². The summed E-state index contributed by atoms with van der Waals surface area (Å²) in [6.07, 6.45) is 4.76. The molecule has 2 unspecified atom stereocenters. The van der Waals surface area contributed by atoms with Gasteiger partial charge in [0.2, 0.25) is 11.8 Å². The molecule has 0 aliphatic carbocycles. The molecule has 4 heterocycles. The zero-order valence-corrected chi connectivity index (χ0v) is 27.3. The molecule has 7 rings (SSSR count). The first-order valence-electron chi connectivity index (χ1n) is 16.3. The lowest BCUT2D eigenvalue weighted by atomic mass is 9.94. The van der Waals surface area contributed by atoms with Crippen molar-refractivity contribution in [2.24, 2.45) is 7.05 Å². The van der Waals surface area contributed by atoms with E-state index in [-0.39, 0.29) is 18.2 Å². The van der Waals surface area contributed by atoms with Gasteiger partial charge >= 0.3 is 6.09 Å². The molecule has 8 nitrogen and oxygen atoms in total. The fourth-order valence-corrected chi connectivity index (χ4v) is 6.55. The number of nitrogens with zero attached hydrogens (tertiary/aromatic N) is 4. The van der Waals surface area contributed by atoms with E-state index in [1.165, 1.54) is 5.57 Å². The van der Waals surface area contributed by atoms with Crippen LogP contribution in [0.15, 0.2) is 97.1 Å². The quantitative estimate of drug-likeness (QED) is 0.172. The minimum Gasteiger partial charge on any atom is -0.473 e. The first-order valence-corrected chi connectivity index (χ1v) is 16.3. The molecule has 2 aromatic heterocycles. The first kappa shape index (κ1) is 30.5. The lowest BCUT2D eigenvalue weighted by Crippen LogP contribution is -2.45. The average molecular weight is 629 g/mol. The van der Waals surface area contributed by atoms with Gasteiger partial charge in [0.25, 0.3) is 0 Å². The van der Waals surface area contributed by atoms with Crippen molar-refractivity contribution in [3.63, 3.8) is 0 Å². The first-order chi connectivity index (χ1) is 22.7. The van der Waals surface area contributed by atoms with Crippen LogP contribution in [0.25, 0.3) is 27.7 Å². The summed E-state index contributed by atoms with van der Waals surface area (Å²) in [5.41, 5.74) is 6.62. The van der Waals surface area contributed by atoms with Gasteiger partial charge in [-0.1, -0.05) is 72.8 Å². The number of pyridine rings is 1. The van der Waals surface area contributed by atoms with Gasteiger partial charge in [-0.05, 0) is 80.5 Å². The molecule has 2 bridgehead atoms. The van der Waals surface area contributed by atoms with E-state index in [1.54, 1.807) is 0 Å². The summed E-state index contributed by atoms with van der Waals surface area (Å²) < 4.78 is 20.1. The fourth-order valence-electron chi connectivity index (χ4n) is 6.55. The maximum Gasteiger partial charge on any atom is 0.411 e. The highest BCUT2D eigenvalue weighted by Gasteiger charge is 2.41. The summed E-state index contributed by atoms with van der Waals surface area (Å²) in [4.78, 5) is 19.7. The highest BCUT2D eigenvalue weighted by Crippen LogP contribution is 2.41. The topological polar surface area (TPSA) is 78.7 Å². The average Bonchev–Trinajstić information content (AvgIpc) is 3.54. The smallest absolute Gasteiger partial charge is 0.411 e. The number of hydrogen-bond acceptors (Lipinski definition) is 6. The van der Waals surface area contributed by atoms with Crippen LogP contribution in [0.5, 0.6) is 11.8 Å². The van der Waals surface area contributed by atoms with Crippen molar-refractivity contribution in [2.45, 2.75) is 70.9 Å². The van der Waals surface area contributed by atoms with Gasteiger partial charge in [0.1, 0.15) is 24.5 Å². The van der Waals surface area contributed by atoms with Crippen LogP contribution in [-0.2, 0) is 25.0 Å². The minimum atomic E-state index is -0.514. The molecule has 0 radical (unpaired) electrons. The second kappa shape index (κ2) is 12.6. The third kappa shape index (κ3) is 6.59. The second-order valence-corrected chi connectivity index (χ2v) is 13.3. The number of fused-ring (bicyclic) bond motifs is 3. The number of aromatic nitrogens is 3. The standard InChI is InChI=1S/C39H40N4O4/c1-39(2,3)47-38(44)43-30-16-17-31(43)22-29(21-30)28-15-18-32-34(23-28)42(4)41-36(32)33-19-20-35(45-24-26-11-7-5-8-12-26)40-37(33)46-25-27-13-9-6-10-14-27/h5-15,18-21,23,30-31H,16-17,22,24-25H2,1-4H3. The van der Waals surface area contributed by atoms with Crippen molar-refractivity contribution in [1.82, 2.24) is 19.7 Å². The second-order valence-electron chi connectivity index (χ2n) is 13.3. The molecule has 240 valence electrons. The predicted molar refractivity (Wildman–Crippen MR) is 183 cm³/mol. The van der Waals surface area contributed by atoms with Gasteiger partial charge in [0.15, 0.2) is 0 Å².